The van der Waals surface area contributed by atoms with Crippen molar-refractivity contribution in [3.05, 3.63) is 0 Å². The minimum atomic E-state index is -1.55. The number of aliphatic hydroxyl groups is 5. The molecule has 0 aromatic carbocycles. The van der Waals surface area contributed by atoms with E-state index in [4.69, 9.17) is 5.11 Å². The van der Waals surface area contributed by atoms with Gasteiger partial charge in [0, 0.05) is 0 Å². The molecule has 0 rings (SSSR count). The Morgan fingerprint density at radius 3 is 1.43 bits per heavy atom. The minimum absolute atomic E-state index is 0.286. The van der Waals surface area contributed by atoms with Crippen LogP contribution < -0.4 is 0 Å². The van der Waals surface area contributed by atoms with Crippen molar-refractivity contribution in [2.24, 2.45) is 0 Å². The molecule has 0 bridgehead atoms. The van der Waals surface area contributed by atoms with Gasteiger partial charge in [-0.15, -0.1) is 0 Å². The first-order chi connectivity index (χ1) is 13.2. The summed E-state index contributed by atoms with van der Waals surface area (Å²) in [5.74, 6) is 0. The highest BCUT2D eigenvalue weighted by Crippen LogP contribution is 2.14. The van der Waals surface area contributed by atoms with Crippen LogP contribution in [0.3, 0.4) is 0 Å². The molecule has 0 fully saturated rings. The third kappa shape index (κ3) is 13.9. The SMILES string of the molecule is CCCCCCCCCCCCCC[N+](C)(C)C[C@@H](O)[C@H](O)[C@H](O)[C@H](O)CO. The molecule has 0 aromatic rings. The highest BCUT2D eigenvalue weighted by Gasteiger charge is 2.33. The molecular weight excluding hydrogens is 358 g/mol. The molecule has 0 aliphatic heterocycles. The first-order valence-electron chi connectivity index (χ1n) is 11.4. The van der Waals surface area contributed by atoms with Crippen molar-refractivity contribution in [3.63, 3.8) is 0 Å². The third-order valence-corrected chi connectivity index (χ3v) is 5.62. The van der Waals surface area contributed by atoms with Gasteiger partial charge in [-0.3, -0.25) is 0 Å². The molecule has 5 N–H and O–H groups in total. The van der Waals surface area contributed by atoms with E-state index in [1.807, 2.05) is 14.1 Å². The molecular formula is C22H48NO5+. The van der Waals surface area contributed by atoms with Crippen LogP contribution in [0.2, 0.25) is 0 Å². The molecule has 0 saturated carbocycles. The van der Waals surface area contributed by atoms with Gasteiger partial charge < -0.3 is 30.0 Å². The van der Waals surface area contributed by atoms with Crippen molar-refractivity contribution < 1.29 is 30.0 Å². The zero-order chi connectivity index (χ0) is 21.4. The summed E-state index contributed by atoms with van der Waals surface area (Å²) in [6, 6.07) is 0. The zero-order valence-corrected chi connectivity index (χ0v) is 18.6. The van der Waals surface area contributed by atoms with Crippen LogP contribution in [-0.2, 0) is 0 Å². The van der Waals surface area contributed by atoms with Gasteiger partial charge in [-0.1, -0.05) is 71.1 Å². The first-order valence-corrected chi connectivity index (χ1v) is 11.4. The zero-order valence-electron chi connectivity index (χ0n) is 18.6. The highest BCUT2D eigenvalue weighted by atomic mass is 16.4. The number of rotatable bonds is 19. The highest BCUT2D eigenvalue weighted by molar-refractivity contribution is 4.80. The smallest absolute Gasteiger partial charge is 0.131 e. The number of aliphatic hydroxyl groups excluding tert-OH is 5. The van der Waals surface area contributed by atoms with Crippen LogP contribution in [-0.4, -0.2) is 88.2 Å². The molecule has 0 unspecified atom stereocenters. The van der Waals surface area contributed by atoms with Crippen LogP contribution in [0, 0.1) is 0 Å². The average Bonchev–Trinajstić information content (AvgIpc) is 2.66. The van der Waals surface area contributed by atoms with Crippen molar-refractivity contribution in [3.8, 4) is 0 Å². The van der Waals surface area contributed by atoms with E-state index in [-0.39, 0.29) is 6.54 Å². The maximum atomic E-state index is 10.1. The van der Waals surface area contributed by atoms with Gasteiger partial charge in [0.2, 0.25) is 0 Å². The molecule has 0 spiro atoms. The van der Waals surface area contributed by atoms with Crippen molar-refractivity contribution in [1.82, 2.24) is 0 Å². The summed E-state index contributed by atoms with van der Waals surface area (Å²) in [6.45, 7) is 2.77. The van der Waals surface area contributed by atoms with Crippen LogP contribution in [0.1, 0.15) is 84.0 Å². The standard InChI is InChI=1S/C22H48NO5/c1-4-5-6-7-8-9-10-11-12-13-14-15-16-23(2,3)17-19(25)21(27)22(28)20(26)18-24/h19-22,24-28H,4-18H2,1-3H3/q+1/t19-,20-,21+,22-/m1/s1. The van der Waals surface area contributed by atoms with Crippen molar-refractivity contribution >= 4 is 0 Å². The second-order valence-electron chi connectivity index (χ2n) is 9.03. The lowest BCUT2D eigenvalue weighted by atomic mass is 10.0. The van der Waals surface area contributed by atoms with Crippen molar-refractivity contribution in [2.45, 2.75) is 108 Å². The van der Waals surface area contributed by atoms with Gasteiger partial charge in [-0.25, -0.2) is 0 Å². The number of likely N-dealkylation sites (N-methyl/N-ethyl adjacent to an activating group) is 1. The summed E-state index contributed by atoms with van der Waals surface area (Å²) in [4.78, 5) is 0. The Morgan fingerprint density at radius 1 is 0.607 bits per heavy atom. The number of nitrogens with zero attached hydrogens (tertiary/aromatic N) is 1. The number of hydrogen-bond donors (Lipinski definition) is 5. The van der Waals surface area contributed by atoms with Gasteiger partial charge in [0.05, 0.1) is 27.2 Å². The molecule has 28 heavy (non-hydrogen) atoms. The van der Waals surface area contributed by atoms with E-state index in [2.05, 4.69) is 6.92 Å². The van der Waals surface area contributed by atoms with Gasteiger partial charge in [0.15, 0.2) is 0 Å². The van der Waals surface area contributed by atoms with Crippen LogP contribution in [0.15, 0.2) is 0 Å². The monoisotopic (exact) mass is 406 g/mol. The fourth-order valence-corrected chi connectivity index (χ4v) is 3.65. The molecule has 6 nitrogen and oxygen atoms in total. The van der Waals surface area contributed by atoms with Crippen LogP contribution in [0.5, 0.6) is 0 Å². The van der Waals surface area contributed by atoms with E-state index < -0.39 is 31.0 Å². The second-order valence-corrected chi connectivity index (χ2v) is 9.03. The third-order valence-electron chi connectivity index (χ3n) is 5.62. The predicted molar refractivity (Wildman–Crippen MR) is 114 cm³/mol. The van der Waals surface area contributed by atoms with Crippen molar-refractivity contribution in [1.29, 1.82) is 0 Å². The Labute approximate surface area is 172 Å². The fourth-order valence-electron chi connectivity index (χ4n) is 3.65. The Morgan fingerprint density at radius 2 is 1.00 bits per heavy atom. The normalized spacial score (nSPS) is 16.7. The maximum absolute atomic E-state index is 10.1. The summed E-state index contributed by atoms with van der Waals surface area (Å²) in [6.07, 6.45) is 10.0. The molecule has 170 valence electrons. The van der Waals surface area contributed by atoms with E-state index in [0.29, 0.717) is 4.48 Å². The average molecular weight is 407 g/mol. The van der Waals surface area contributed by atoms with Gasteiger partial charge in [0.25, 0.3) is 0 Å². The molecule has 6 heteroatoms. The summed E-state index contributed by atoms with van der Waals surface area (Å²) in [5.41, 5.74) is 0. The Bertz CT molecular complexity index is 354. The Balaban J connectivity index is 3.76. The minimum Gasteiger partial charge on any atom is -0.394 e. The summed E-state index contributed by atoms with van der Waals surface area (Å²) >= 11 is 0. The quantitative estimate of drug-likeness (QED) is 0.167. The van der Waals surface area contributed by atoms with E-state index in [1.165, 1.54) is 70.6 Å². The fraction of sp³-hybridized carbons (Fsp3) is 1.00. The van der Waals surface area contributed by atoms with Gasteiger partial charge in [-0.05, 0) is 12.8 Å². The largest absolute Gasteiger partial charge is 0.394 e. The summed E-state index contributed by atoms with van der Waals surface area (Å²) < 4.78 is 0.540. The molecule has 0 amide bonds. The molecule has 4 atom stereocenters. The lowest BCUT2D eigenvalue weighted by molar-refractivity contribution is -0.894. The van der Waals surface area contributed by atoms with E-state index in [0.717, 1.165) is 13.0 Å². The maximum Gasteiger partial charge on any atom is 0.131 e. The molecule has 0 aliphatic carbocycles. The molecule has 0 radical (unpaired) electrons. The van der Waals surface area contributed by atoms with Crippen molar-refractivity contribution in [2.75, 3.05) is 33.8 Å². The second kappa shape index (κ2) is 16.5. The Kier molecular flexibility index (Phi) is 16.4. The summed E-state index contributed by atoms with van der Waals surface area (Å²) in [5, 5.41) is 48.0. The molecule has 0 saturated heterocycles. The molecule has 0 aromatic heterocycles. The van der Waals surface area contributed by atoms with Gasteiger partial charge in [-0.2, -0.15) is 0 Å². The van der Waals surface area contributed by atoms with Gasteiger partial charge in [0.1, 0.15) is 31.0 Å². The lowest BCUT2D eigenvalue weighted by Crippen LogP contribution is -2.54. The van der Waals surface area contributed by atoms with E-state index >= 15 is 0 Å². The molecule has 0 aliphatic rings. The number of unbranched alkanes of at least 4 members (excludes halogenated alkanes) is 11. The summed E-state index contributed by atoms with van der Waals surface area (Å²) in [7, 11) is 3.98. The van der Waals surface area contributed by atoms with Crippen LogP contribution in [0.25, 0.3) is 0 Å². The predicted octanol–water partition coefficient (Wildman–Crippen LogP) is 2.20. The number of hydrogen-bond acceptors (Lipinski definition) is 5. The van der Waals surface area contributed by atoms with E-state index in [9.17, 15) is 20.4 Å². The molecule has 0 heterocycles. The van der Waals surface area contributed by atoms with Crippen LogP contribution >= 0.6 is 0 Å². The van der Waals surface area contributed by atoms with Gasteiger partial charge >= 0.3 is 0 Å². The topological polar surface area (TPSA) is 101 Å². The van der Waals surface area contributed by atoms with E-state index in [1.54, 1.807) is 0 Å². The van der Waals surface area contributed by atoms with Crippen LogP contribution in [0.4, 0.5) is 0 Å². The Hall–Kier alpha value is -0.240. The number of quaternary nitrogens is 1. The first kappa shape index (κ1) is 27.8. The lowest BCUT2D eigenvalue weighted by Gasteiger charge is -2.34.